The first-order chi connectivity index (χ1) is 8.33. The molecule has 0 aliphatic carbocycles. The fraction of sp³-hybridized carbons (Fsp3) is 0.308. The van der Waals surface area contributed by atoms with Gasteiger partial charge in [0.05, 0.1) is 12.8 Å². The van der Waals surface area contributed by atoms with Crippen molar-refractivity contribution in [1.82, 2.24) is 10.2 Å². The van der Waals surface area contributed by atoms with Crippen molar-refractivity contribution in [3.8, 4) is 17.0 Å². The molecule has 0 saturated heterocycles. The first-order valence-electron chi connectivity index (χ1n) is 5.77. The Bertz CT molecular complexity index is 479. The third kappa shape index (κ3) is 2.78. The van der Waals surface area contributed by atoms with E-state index in [1.165, 1.54) is 0 Å². The smallest absolute Gasteiger partial charge is 0.148 e. The SMILES string of the molecule is CCCNc1cc(-c2cccc(OC)c2)[nH]n1. The van der Waals surface area contributed by atoms with Gasteiger partial charge in [-0.05, 0) is 18.6 Å². The normalized spacial score (nSPS) is 10.2. The zero-order chi connectivity index (χ0) is 12.1. The van der Waals surface area contributed by atoms with E-state index in [0.717, 1.165) is 35.8 Å². The molecule has 1 aromatic carbocycles. The predicted octanol–water partition coefficient (Wildman–Crippen LogP) is 2.91. The van der Waals surface area contributed by atoms with Crippen molar-refractivity contribution in [1.29, 1.82) is 0 Å². The van der Waals surface area contributed by atoms with Crippen LogP contribution in [0.15, 0.2) is 30.3 Å². The van der Waals surface area contributed by atoms with Gasteiger partial charge < -0.3 is 10.1 Å². The summed E-state index contributed by atoms with van der Waals surface area (Å²) in [5, 5.41) is 10.5. The molecule has 0 amide bonds. The van der Waals surface area contributed by atoms with Crippen LogP contribution in [0.1, 0.15) is 13.3 Å². The van der Waals surface area contributed by atoms with E-state index in [2.05, 4.69) is 22.4 Å². The highest BCUT2D eigenvalue weighted by atomic mass is 16.5. The van der Waals surface area contributed by atoms with E-state index in [9.17, 15) is 0 Å². The summed E-state index contributed by atoms with van der Waals surface area (Å²) in [6.45, 7) is 3.06. The maximum absolute atomic E-state index is 5.20. The topological polar surface area (TPSA) is 49.9 Å². The number of benzene rings is 1. The molecule has 90 valence electrons. The molecule has 17 heavy (non-hydrogen) atoms. The lowest BCUT2D eigenvalue weighted by atomic mass is 10.1. The van der Waals surface area contributed by atoms with Crippen molar-refractivity contribution < 1.29 is 4.74 Å². The summed E-state index contributed by atoms with van der Waals surface area (Å²) >= 11 is 0. The molecular weight excluding hydrogens is 214 g/mol. The second-order valence-electron chi connectivity index (χ2n) is 3.83. The van der Waals surface area contributed by atoms with E-state index in [4.69, 9.17) is 4.74 Å². The first kappa shape index (κ1) is 11.5. The van der Waals surface area contributed by atoms with Gasteiger partial charge in [-0.2, -0.15) is 5.10 Å². The highest BCUT2D eigenvalue weighted by Crippen LogP contribution is 2.23. The van der Waals surface area contributed by atoms with E-state index in [1.54, 1.807) is 7.11 Å². The van der Waals surface area contributed by atoms with Crippen LogP contribution in [-0.2, 0) is 0 Å². The van der Waals surface area contributed by atoms with Gasteiger partial charge in [0.1, 0.15) is 11.6 Å². The Hall–Kier alpha value is -1.97. The lowest BCUT2D eigenvalue weighted by Crippen LogP contribution is -1.99. The van der Waals surface area contributed by atoms with Crippen LogP contribution in [0.5, 0.6) is 5.75 Å². The predicted molar refractivity (Wildman–Crippen MR) is 69.4 cm³/mol. The summed E-state index contributed by atoms with van der Waals surface area (Å²) in [6.07, 6.45) is 1.08. The number of anilines is 1. The Balaban J connectivity index is 2.18. The van der Waals surface area contributed by atoms with Gasteiger partial charge in [0, 0.05) is 18.2 Å². The minimum Gasteiger partial charge on any atom is -0.497 e. The maximum atomic E-state index is 5.20. The van der Waals surface area contributed by atoms with Crippen molar-refractivity contribution in [2.45, 2.75) is 13.3 Å². The number of hydrogen-bond donors (Lipinski definition) is 2. The van der Waals surface area contributed by atoms with Crippen LogP contribution in [0.25, 0.3) is 11.3 Å². The summed E-state index contributed by atoms with van der Waals surface area (Å²) in [6, 6.07) is 9.91. The molecule has 0 radical (unpaired) electrons. The third-order valence-electron chi connectivity index (χ3n) is 2.51. The molecule has 0 fully saturated rings. The number of nitrogens with zero attached hydrogens (tertiary/aromatic N) is 1. The second kappa shape index (κ2) is 5.39. The Morgan fingerprint density at radius 1 is 1.35 bits per heavy atom. The standard InChI is InChI=1S/C13H17N3O/c1-3-7-14-13-9-12(15-16-13)10-5-4-6-11(8-10)17-2/h4-6,8-9H,3,7H2,1-2H3,(H2,14,15,16). The van der Waals surface area contributed by atoms with Gasteiger partial charge in [-0.1, -0.05) is 19.1 Å². The molecule has 0 atom stereocenters. The minimum absolute atomic E-state index is 0.847. The van der Waals surface area contributed by atoms with Crippen LogP contribution in [-0.4, -0.2) is 23.9 Å². The largest absolute Gasteiger partial charge is 0.497 e. The minimum atomic E-state index is 0.847. The number of nitrogens with one attached hydrogen (secondary N) is 2. The molecule has 2 N–H and O–H groups in total. The molecule has 4 nitrogen and oxygen atoms in total. The van der Waals surface area contributed by atoms with E-state index >= 15 is 0 Å². The molecular formula is C13H17N3O. The van der Waals surface area contributed by atoms with Gasteiger partial charge in [0.2, 0.25) is 0 Å². The Morgan fingerprint density at radius 2 is 2.24 bits per heavy atom. The van der Waals surface area contributed by atoms with E-state index in [-0.39, 0.29) is 0 Å². The van der Waals surface area contributed by atoms with E-state index in [0.29, 0.717) is 0 Å². The van der Waals surface area contributed by atoms with E-state index < -0.39 is 0 Å². The Morgan fingerprint density at radius 3 is 3.00 bits per heavy atom. The molecule has 2 aromatic rings. The first-order valence-corrected chi connectivity index (χ1v) is 5.77. The quantitative estimate of drug-likeness (QED) is 0.831. The molecule has 0 spiro atoms. The lowest BCUT2D eigenvalue weighted by Gasteiger charge is -2.01. The lowest BCUT2D eigenvalue weighted by molar-refractivity contribution is 0.415. The highest BCUT2D eigenvalue weighted by molar-refractivity contribution is 5.64. The molecule has 0 saturated carbocycles. The summed E-state index contributed by atoms with van der Waals surface area (Å²) in [5.41, 5.74) is 2.06. The summed E-state index contributed by atoms with van der Waals surface area (Å²) in [5.74, 6) is 1.73. The van der Waals surface area contributed by atoms with Gasteiger partial charge in [-0.15, -0.1) is 0 Å². The fourth-order valence-electron chi connectivity index (χ4n) is 1.60. The van der Waals surface area contributed by atoms with Crippen LogP contribution >= 0.6 is 0 Å². The van der Waals surface area contributed by atoms with Crippen LogP contribution < -0.4 is 10.1 Å². The number of aromatic nitrogens is 2. The van der Waals surface area contributed by atoms with Gasteiger partial charge in [-0.3, -0.25) is 5.10 Å². The molecule has 0 unspecified atom stereocenters. The Kier molecular flexibility index (Phi) is 3.65. The van der Waals surface area contributed by atoms with Gasteiger partial charge >= 0.3 is 0 Å². The molecule has 2 rings (SSSR count). The summed E-state index contributed by atoms with van der Waals surface area (Å²) in [7, 11) is 1.67. The zero-order valence-corrected chi connectivity index (χ0v) is 10.2. The number of aromatic amines is 1. The number of H-pyrrole nitrogens is 1. The zero-order valence-electron chi connectivity index (χ0n) is 10.2. The van der Waals surface area contributed by atoms with Crippen molar-refractivity contribution >= 4 is 5.82 Å². The van der Waals surface area contributed by atoms with E-state index in [1.807, 2.05) is 30.3 Å². The highest BCUT2D eigenvalue weighted by Gasteiger charge is 2.03. The molecule has 1 aromatic heterocycles. The summed E-state index contributed by atoms with van der Waals surface area (Å²) in [4.78, 5) is 0. The van der Waals surface area contributed by atoms with Crippen LogP contribution in [0.2, 0.25) is 0 Å². The molecule has 0 aliphatic rings. The number of ether oxygens (including phenoxy) is 1. The molecule has 4 heteroatoms. The average molecular weight is 231 g/mol. The maximum Gasteiger partial charge on any atom is 0.148 e. The van der Waals surface area contributed by atoms with Crippen molar-refractivity contribution in [2.75, 3.05) is 19.0 Å². The van der Waals surface area contributed by atoms with Crippen LogP contribution in [0, 0.1) is 0 Å². The summed E-state index contributed by atoms with van der Waals surface area (Å²) < 4.78 is 5.20. The monoisotopic (exact) mass is 231 g/mol. The molecule has 0 bridgehead atoms. The van der Waals surface area contributed by atoms with Crippen molar-refractivity contribution in [3.63, 3.8) is 0 Å². The van der Waals surface area contributed by atoms with Crippen molar-refractivity contribution in [3.05, 3.63) is 30.3 Å². The van der Waals surface area contributed by atoms with Crippen LogP contribution in [0.4, 0.5) is 5.82 Å². The average Bonchev–Trinajstić information content (AvgIpc) is 2.85. The fourth-order valence-corrected chi connectivity index (χ4v) is 1.60. The Labute approximate surface area is 101 Å². The van der Waals surface area contributed by atoms with Gasteiger partial charge in [-0.25, -0.2) is 0 Å². The van der Waals surface area contributed by atoms with Gasteiger partial charge in [0.15, 0.2) is 0 Å². The number of methoxy groups -OCH3 is 1. The van der Waals surface area contributed by atoms with Crippen molar-refractivity contribution in [2.24, 2.45) is 0 Å². The third-order valence-corrected chi connectivity index (χ3v) is 2.51. The molecule has 1 heterocycles. The van der Waals surface area contributed by atoms with Crippen LogP contribution in [0.3, 0.4) is 0 Å². The molecule has 0 aliphatic heterocycles. The van der Waals surface area contributed by atoms with Gasteiger partial charge in [0.25, 0.3) is 0 Å². The number of rotatable bonds is 5. The second-order valence-corrected chi connectivity index (χ2v) is 3.83. The number of hydrogen-bond acceptors (Lipinski definition) is 3.